The van der Waals surface area contributed by atoms with Crippen LogP contribution < -0.4 is 0 Å². The Morgan fingerprint density at radius 1 is 1.29 bits per heavy atom. The van der Waals surface area contributed by atoms with Crippen LogP contribution in [0, 0.1) is 11.3 Å². The van der Waals surface area contributed by atoms with E-state index >= 15 is 0 Å². The molecule has 0 saturated carbocycles. The van der Waals surface area contributed by atoms with Crippen LogP contribution in [-0.4, -0.2) is 19.6 Å². The number of rotatable bonds is 3. The SMILES string of the molecule is Cn1c(CO)cnc1Sc1c(C#N)cnc2ccccc12. The van der Waals surface area contributed by atoms with Crippen LogP contribution >= 0.6 is 11.8 Å². The third kappa shape index (κ3) is 2.37. The van der Waals surface area contributed by atoms with E-state index in [1.165, 1.54) is 11.8 Å². The first-order chi connectivity index (χ1) is 10.2. The van der Waals surface area contributed by atoms with Gasteiger partial charge in [0.2, 0.25) is 0 Å². The Bertz CT molecular complexity index is 850. The summed E-state index contributed by atoms with van der Waals surface area (Å²) in [7, 11) is 1.84. The summed E-state index contributed by atoms with van der Waals surface area (Å²) in [6.07, 6.45) is 3.22. The highest BCUT2D eigenvalue weighted by molar-refractivity contribution is 7.99. The molecule has 3 aromatic rings. The molecule has 0 saturated heterocycles. The van der Waals surface area contributed by atoms with Gasteiger partial charge >= 0.3 is 0 Å². The summed E-state index contributed by atoms with van der Waals surface area (Å²) in [4.78, 5) is 9.43. The summed E-state index contributed by atoms with van der Waals surface area (Å²) in [6, 6.07) is 9.88. The fourth-order valence-corrected chi connectivity index (χ4v) is 3.10. The zero-order valence-electron chi connectivity index (χ0n) is 11.3. The van der Waals surface area contributed by atoms with Gasteiger partial charge in [-0.05, 0) is 17.8 Å². The molecule has 0 fully saturated rings. The molecule has 5 nitrogen and oxygen atoms in total. The molecule has 0 spiro atoms. The first-order valence-electron chi connectivity index (χ1n) is 6.31. The van der Waals surface area contributed by atoms with Crippen LogP contribution in [0.1, 0.15) is 11.3 Å². The lowest BCUT2D eigenvalue weighted by molar-refractivity contribution is 0.271. The number of benzene rings is 1. The van der Waals surface area contributed by atoms with Crippen LogP contribution in [0.2, 0.25) is 0 Å². The smallest absolute Gasteiger partial charge is 0.172 e. The molecule has 0 bridgehead atoms. The number of fused-ring (bicyclic) bond motifs is 1. The predicted molar refractivity (Wildman–Crippen MR) is 79.7 cm³/mol. The molecule has 3 rings (SSSR count). The molecule has 0 aliphatic rings. The number of aromatic nitrogens is 3. The molecular weight excluding hydrogens is 284 g/mol. The molecule has 0 atom stereocenters. The van der Waals surface area contributed by atoms with E-state index in [0.29, 0.717) is 5.56 Å². The van der Waals surface area contributed by atoms with Crippen molar-refractivity contribution in [1.29, 1.82) is 5.26 Å². The average molecular weight is 296 g/mol. The monoisotopic (exact) mass is 296 g/mol. The molecule has 0 unspecified atom stereocenters. The van der Waals surface area contributed by atoms with Crippen LogP contribution in [0.4, 0.5) is 0 Å². The minimum absolute atomic E-state index is 0.0632. The Balaban J connectivity index is 2.15. The molecule has 1 aromatic carbocycles. The summed E-state index contributed by atoms with van der Waals surface area (Å²) < 4.78 is 1.82. The van der Waals surface area contributed by atoms with Crippen LogP contribution in [0.3, 0.4) is 0 Å². The third-order valence-corrected chi connectivity index (χ3v) is 4.45. The van der Waals surface area contributed by atoms with Crippen LogP contribution in [0.25, 0.3) is 10.9 Å². The van der Waals surface area contributed by atoms with E-state index in [1.54, 1.807) is 12.4 Å². The van der Waals surface area contributed by atoms with Gasteiger partial charge in [-0.15, -0.1) is 0 Å². The minimum atomic E-state index is -0.0632. The molecular formula is C15H12N4OS. The van der Waals surface area contributed by atoms with E-state index < -0.39 is 0 Å². The Morgan fingerprint density at radius 3 is 2.81 bits per heavy atom. The van der Waals surface area contributed by atoms with Gasteiger partial charge in [0.15, 0.2) is 5.16 Å². The zero-order valence-corrected chi connectivity index (χ0v) is 12.1. The summed E-state index contributed by atoms with van der Waals surface area (Å²) >= 11 is 1.41. The standard InChI is InChI=1S/C15H12N4OS/c1-19-11(9-20)8-18-15(19)21-14-10(6-16)7-17-13-5-3-2-4-12(13)14/h2-5,7-8,20H,9H2,1H3. The highest BCUT2D eigenvalue weighted by atomic mass is 32.2. The maximum Gasteiger partial charge on any atom is 0.172 e. The molecule has 0 radical (unpaired) electrons. The van der Waals surface area contributed by atoms with Crippen molar-refractivity contribution in [3.05, 3.63) is 47.9 Å². The predicted octanol–water partition coefficient (Wildman–Crippen LogP) is 2.48. The van der Waals surface area contributed by atoms with Crippen molar-refractivity contribution in [2.45, 2.75) is 16.7 Å². The molecule has 0 aliphatic carbocycles. The van der Waals surface area contributed by atoms with Crippen LogP contribution in [0.15, 0.2) is 46.7 Å². The fourth-order valence-electron chi connectivity index (χ4n) is 2.06. The second-order valence-corrected chi connectivity index (χ2v) is 5.46. The zero-order chi connectivity index (χ0) is 14.8. The Labute approximate surface area is 125 Å². The highest BCUT2D eigenvalue weighted by Gasteiger charge is 2.14. The largest absolute Gasteiger partial charge is 0.390 e. The van der Waals surface area contributed by atoms with Gasteiger partial charge in [-0.1, -0.05) is 18.2 Å². The maximum absolute atomic E-state index is 9.31. The van der Waals surface area contributed by atoms with Gasteiger partial charge in [0.1, 0.15) is 6.07 Å². The molecule has 0 aliphatic heterocycles. The van der Waals surface area contributed by atoms with E-state index in [1.807, 2.05) is 35.9 Å². The van der Waals surface area contributed by atoms with Gasteiger partial charge in [-0.3, -0.25) is 4.98 Å². The van der Waals surface area contributed by atoms with Crippen LogP contribution in [0.5, 0.6) is 0 Å². The first kappa shape index (κ1) is 13.6. The number of pyridine rings is 1. The van der Waals surface area contributed by atoms with E-state index in [-0.39, 0.29) is 6.61 Å². The lowest BCUT2D eigenvalue weighted by Gasteiger charge is -2.08. The van der Waals surface area contributed by atoms with Gasteiger partial charge in [0.05, 0.1) is 29.6 Å². The molecule has 1 N–H and O–H groups in total. The molecule has 0 amide bonds. The molecule has 2 aromatic heterocycles. The number of hydrogen-bond acceptors (Lipinski definition) is 5. The van der Waals surface area contributed by atoms with Crippen LogP contribution in [-0.2, 0) is 13.7 Å². The number of aliphatic hydroxyl groups is 1. The Kier molecular flexibility index (Phi) is 3.60. The maximum atomic E-state index is 9.31. The topological polar surface area (TPSA) is 74.7 Å². The van der Waals surface area contributed by atoms with Gasteiger partial charge in [0.25, 0.3) is 0 Å². The molecule has 6 heteroatoms. The number of hydrogen-bond donors (Lipinski definition) is 1. The second kappa shape index (κ2) is 5.56. The van der Waals surface area contributed by atoms with Gasteiger partial charge in [-0.2, -0.15) is 5.26 Å². The quantitative estimate of drug-likeness (QED) is 0.803. The number of aliphatic hydroxyl groups excluding tert-OH is 1. The Morgan fingerprint density at radius 2 is 2.10 bits per heavy atom. The average Bonchev–Trinajstić information content (AvgIpc) is 2.88. The van der Waals surface area contributed by atoms with Crippen molar-refractivity contribution in [2.24, 2.45) is 7.05 Å². The van der Waals surface area contributed by atoms with Gasteiger partial charge < -0.3 is 9.67 Å². The fraction of sp³-hybridized carbons (Fsp3) is 0.133. The van der Waals surface area contributed by atoms with E-state index in [4.69, 9.17) is 0 Å². The van der Waals surface area contributed by atoms with Crippen molar-refractivity contribution in [3.63, 3.8) is 0 Å². The lowest BCUT2D eigenvalue weighted by atomic mass is 10.2. The minimum Gasteiger partial charge on any atom is -0.390 e. The normalized spacial score (nSPS) is 10.7. The van der Waals surface area contributed by atoms with Gasteiger partial charge in [0, 0.05) is 23.5 Å². The van der Waals surface area contributed by atoms with Crippen molar-refractivity contribution in [1.82, 2.24) is 14.5 Å². The van der Waals surface area contributed by atoms with E-state index in [9.17, 15) is 10.4 Å². The summed E-state index contributed by atoms with van der Waals surface area (Å²) in [5, 5.41) is 20.2. The Hall–Kier alpha value is -2.36. The third-order valence-electron chi connectivity index (χ3n) is 3.24. The van der Waals surface area contributed by atoms with Crippen molar-refractivity contribution < 1.29 is 5.11 Å². The number of nitrogens with zero attached hydrogens (tertiary/aromatic N) is 4. The number of imidazole rings is 1. The van der Waals surface area contributed by atoms with Gasteiger partial charge in [-0.25, -0.2) is 4.98 Å². The summed E-state index contributed by atoms with van der Waals surface area (Å²) in [5.41, 5.74) is 2.09. The van der Waals surface area contributed by atoms with Crippen molar-refractivity contribution in [3.8, 4) is 6.07 Å². The number of para-hydroxylation sites is 1. The van der Waals surface area contributed by atoms with E-state index in [2.05, 4.69) is 16.0 Å². The highest BCUT2D eigenvalue weighted by Crippen LogP contribution is 2.34. The summed E-state index contributed by atoms with van der Waals surface area (Å²) in [6.45, 7) is -0.0632. The molecule has 104 valence electrons. The number of nitriles is 1. The lowest BCUT2D eigenvalue weighted by Crippen LogP contribution is -1.98. The van der Waals surface area contributed by atoms with Crippen molar-refractivity contribution in [2.75, 3.05) is 0 Å². The second-order valence-electron chi connectivity index (χ2n) is 4.48. The first-order valence-corrected chi connectivity index (χ1v) is 7.13. The summed E-state index contributed by atoms with van der Waals surface area (Å²) in [5.74, 6) is 0. The van der Waals surface area contributed by atoms with E-state index in [0.717, 1.165) is 26.6 Å². The molecule has 21 heavy (non-hydrogen) atoms. The molecule has 2 heterocycles. The van der Waals surface area contributed by atoms with Crippen molar-refractivity contribution >= 4 is 22.7 Å².